The number of aromatic hydroxyl groups is 1. The molecule has 0 atom stereocenters. The summed E-state index contributed by atoms with van der Waals surface area (Å²) in [5.41, 5.74) is 2.12. The Morgan fingerprint density at radius 2 is 1.83 bits per heavy atom. The van der Waals surface area contributed by atoms with Crippen molar-refractivity contribution in [2.75, 3.05) is 19.7 Å². The lowest BCUT2D eigenvalue weighted by Gasteiger charge is -2.17. The fourth-order valence-corrected chi connectivity index (χ4v) is 3.63. The topological polar surface area (TPSA) is 79.4 Å². The van der Waals surface area contributed by atoms with Gasteiger partial charge >= 0.3 is 5.91 Å². The van der Waals surface area contributed by atoms with Crippen LogP contribution in [-0.4, -0.2) is 40.2 Å². The van der Waals surface area contributed by atoms with Crippen LogP contribution < -0.4 is 4.74 Å². The highest BCUT2D eigenvalue weighted by Crippen LogP contribution is 2.39. The second-order valence-corrected chi connectivity index (χ2v) is 7.23. The van der Waals surface area contributed by atoms with Crippen LogP contribution in [0.25, 0.3) is 10.9 Å². The number of hydrogen-bond donors (Lipinski definition) is 1. The molecule has 29 heavy (non-hydrogen) atoms. The number of aromatic nitrogens is 1. The molecule has 0 spiro atoms. The van der Waals surface area contributed by atoms with Crippen LogP contribution in [0, 0.1) is 6.92 Å². The number of carbonyl (C=O) groups is 1. The summed E-state index contributed by atoms with van der Waals surface area (Å²) >= 11 is 0. The van der Waals surface area contributed by atoms with E-state index < -0.39 is 5.91 Å². The summed E-state index contributed by atoms with van der Waals surface area (Å²) in [6.07, 6.45) is 2.34. The molecule has 3 aromatic rings. The molecule has 0 bridgehead atoms. The van der Waals surface area contributed by atoms with E-state index in [2.05, 4.69) is 15.1 Å². The largest absolute Gasteiger partial charge is 0.493 e. The van der Waals surface area contributed by atoms with Crippen molar-refractivity contribution >= 4 is 22.5 Å². The molecule has 1 aromatic heterocycles. The molecule has 1 N–H and O–H groups in total. The minimum absolute atomic E-state index is 0.0227. The number of ether oxygens (including phenoxy) is 1. The molecule has 0 saturated carbocycles. The summed E-state index contributed by atoms with van der Waals surface area (Å²) in [6.45, 7) is 4.32. The number of para-hydroxylation sites is 2. The summed E-state index contributed by atoms with van der Waals surface area (Å²) < 4.78 is 7.34. The molecule has 1 aliphatic rings. The van der Waals surface area contributed by atoms with E-state index in [4.69, 9.17) is 4.74 Å². The highest BCUT2D eigenvalue weighted by Gasteiger charge is 2.20. The van der Waals surface area contributed by atoms with Crippen LogP contribution in [0.3, 0.4) is 0 Å². The summed E-state index contributed by atoms with van der Waals surface area (Å²) in [5.74, 6) is 0.152. The second-order valence-electron chi connectivity index (χ2n) is 7.23. The molecule has 1 saturated heterocycles. The molecule has 0 aliphatic carbocycles. The maximum absolute atomic E-state index is 12.2. The number of rotatable bonds is 6. The Hall–Kier alpha value is -3.19. The molecule has 150 valence electrons. The Balaban J connectivity index is 1.53. The first-order valence-corrected chi connectivity index (χ1v) is 9.79. The van der Waals surface area contributed by atoms with E-state index in [9.17, 15) is 9.90 Å². The number of azo groups is 1. The van der Waals surface area contributed by atoms with Crippen LogP contribution in [0.5, 0.6) is 11.6 Å². The van der Waals surface area contributed by atoms with Crippen LogP contribution in [-0.2, 0) is 11.5 Å². The Morgan fingerprint density at radius 3 is 2.62 bits per heavy atom. The first-order valence-electron chi connectivity index (χ1n) is 9.79. The average molecular weight is 392 g/mol. The fourth-order valence-electron chi connectivity index (χ4n) is 3.63. The van der Waals surface area contributed by atoms with E-state index in [-0.39, 0.29) is 12.5 Å². The van der Waals surface area contributed by atoms with E-state index in [1.165, 1.54) is 12.8 Å². The van der Waals surface area contributed by atoms with Crippen LogP contribution >= 0.6 is 0 Å². The van der Waals surface area contributed by atoms with Gasteiger partial charge in [0.2, 0.25) is 5.88 Å². The third-order valence-corrected chi connectivity index (χ3v) is 5.16. The highest BCUT2D eigenvalue weighted by atomic mass is 16.5. The molecule has 0 radical (unpaired) electrons. The Bertz CT molecular complexity index is 1050. The van der Waals surface area contributed by atoms with Gasteiger partial charge in [0.25, 0.3) is 0 Å². The third kappa shape index (κ3) is 4.14. The van der Waals surface area contributed by atoms with Gasteiger partial charge in [0, 0.05) is 5.39 Å². The van der Waals surface area contributed by atoms with Gasteiger partial charge in [-0.1, -0.05) is 36.4 Å². The van der Waals surface area contributed by atoms with E-state index in [0.29, 0.717) is 18.1 Å². The predicted molar refractivity (Wildman–Crippen MR) is 111 cm³/mol. The third-order valence-electron chi connectivity index (χ3n) is 5.16. The Morgan fingerprint density at radius 1 is 1.10 bits per heavy atom. The average Bonchev–Trinajstić information content (AvgIpc) is 3.33. The molecule has 0 unspecified atom stereocenters. The van der Waals surface area contributed by atoms with Gasteiger partial charge in [-0.05, 0) is 50.6 Å². The minimum atomic E-state index is -0.510. The number of carbonyl (C=O) groups excluding carboxylic acids is 1. The van der Waals surface area contributed by atoms with Crippen LogP contribution in [0.15, 0.2) is 58.8 Å². The van der Waals surface area contributed by atoms with Gasteiger partial charge < -0.3 is 9.84 Å². The molecular weight excluding hydrogens is 368 g/mol. The lowest BCUT2D eigenvalue weighted by atomic mass is 10.2. The SMILES string of the molecule is Cc1ccccc1OCC(=O)N=Nc1c(O)n(CN2CCCC2)c2ccccc12. The molecule has 1 fully saturated rings. The van der Waals surface area contributed by atoms with Crippen molar-refractivity contribution in [1.29, 1.82) is 0 Å². The van der Waals surface area contributed by atoms with Gasteiger partial charge in [0.05, 0.1) is 12.2 Å². The van der Waals surface area contributed by atoms with Crippen LogP contribution in [0.1, 0.15) is 18.4 Å². The van der Waals surface area contributed by atoms with E-state index in [0.717, 1.165) is 29.6 Å². The van der Waals surface area contributed by atoms with Crippen molar-refractivity contribution in [3.63, 3.8) is 0 Å². The van der Waals surface area contributed by atoms with Crippen LogP contribution in [0.4, 0.5) is 5.69 Å². The van der Waals surface area contributed by atoms with Gasteiger partial charge in [0.1, 0.15) is 5.75 Å². The summed E-state index contributed by atoms with van der Waals surface area (Å²) in [7, 11) is 0. The number of amides is 1. The van der Waals surface area contributed by atoms with E-state index in [1.54, 1.807) is 6.07 Å². The standard InChI is InChI=1S/C22H24N4O3/c1-16-8-2-5-11-19(16)29-14-20(27)23-24-21-17-9-3-4-10-18(17)26(22(21)28)15-25-12-6-7-13-25/h2-5,8-11,28H,6-7,12-15H2,1H3. The number of benzene rings is 2. The van der Waals surface area contributed by atoms with Gasteiger partial charge in [-0.2, -0.15) is 0 Å². The van der Waals surface area contributed by atoms with Gasteiger partial charge in [0.15, 0.2) is 12.3 Å². The zero-order valence-electron chi connectivity index (χ0n) is 16.4. The van der Waals surface area contributed by atoms with Gasteiger partial charge in [-0.15, -0.1) is 10.2 Å². The molecule has 7 nitrogen and oxygen atoms in total. The smallest absolute Gasteiger partial charge is 0.302 e. The van der Waals surface area contributed by atoms with Crippen LogP contribution in [0.2, 0.25) is 0 Å². The summed E-state index contributed by atoms with van der Waals surface area (Å²) in [6, 6.07) is 15.1. The van der Waals surface area contributed by atoms with Crippen molar-refractivity contribution in [3.05, 3.63) is 54.1 Å². The maximum Gasteiger partial charge on any atom is 0.302 e. The van der Waals surface area contributed by atoms with E-state index >= 15 is 0 Å². The fraction of sp³-hybridized carbons (Fsp3) is 0.318. The van der Waals surface area contributed by atoms with Crippen molar-refractivity contribution in [2.45, 2.75) is 26.4 Å². The minimum Gasteiger partial charge on any atom is -0.493 e. The number of nitrogens with zero attached hydrogens (tertiary/aromatic N) is 4. The number of likely N-dealkylation sites (tertiary alicyclic amines) is 1. The molecular formula is C22H24N4O3. The van der Waals surface area contributed by atoms with Crippen molar-refractivity contribution in [1.82, 2.24) is 9.47 Å². The Labute approximate surface area is 169 Å². The molecule has 1 aliphatic heterocycles. The molecule has 4 rings (SSSR count). The van der Waals surface area contributed by atoms with E-state index in [1.807, 2.05) is 54.0 Å². The monoisotopic (exact) mass is 392 g/mol. The molecule has 7 heteroatoms. The first kappa shape index (κ1) is 19.1. The first-order chi connectivity index (χ1) is 14.1. The van der Waals surface area contributed by atoms with Crippen molar-refractivity contribution < 1.29 is 14.6 Å². The van der Waals surface area contributed by atoms with Gasteiger partial charge in [-0.25, -0.2) is 0 Å². The van der Waals surface area contributed by atoms with Gasteiger partial charge in [-0.3, -0.25) is 14.3 Å². The summed E-state index contributed by atoms with van der Waals surface area (Å²) in [5, 5.41) is 19.4. The van der Waals surface area contributed by atoms with Crippen molar-refractivity contribution in [3.8, 4) is 11.6 Å². The molecule has 1 amide bonds. The number of fused-ring (bicyclic) bond motifs is 1. The zero-order valence-corrected chi connectivity index (χ0v) is 16.4. The zero-order chi connectivity index (χ0) is 20.2. The highest BCUT2D eigenvalue weighted by molar-refractivity contribution is 5.95. The quantitative estimate of drug-likeness (QED) is 0.631. The predicted octanol–water partition coefficient (Wildman–Crippen LogP) is 4.40. The Kier molecular flexibility index (Phi) is 5.57. The lowest BCUT2D eigenvalue weighted by Crippen LogP contribution is -2.22. The maximum atomic E-state index is 12.2. The number of aryl methyl sites for hydroxylation is 1. The lowest BCUT2D eigenvalue weighted by molar-refractivity contribution is -0.120. The molecule has 2 aromatic carbocycles. The second kappa shape index (κ2) is 8.45. The number of hydrogen-bond acceptors (Lipinski definition) is 5. The summed E-state index contributed by atoms with van der Waals surface area (Å²) in [4.78, 5) is 14.4. The van der Waals surface area contributed by atoms with Crippen molar-refractivity contribution in [2.24, 2.45) is 10.2 Å². The normalized spacial score (nSPS) is 14.8. The molecule has 2 heterocycles.